The molecule has 0 aliphatic heterocycles. The Kier molecular flexibility index (Phi) is 2.83. The van der Waals surface area contributed by atoms with Gasteiger partial charge in [0.2, 0.25) is 5.88 Å². The minimum atomic E-state index is -0.680. The van der Waals surface area contributed by atoms with Crippen LogP contribution in [0, 0.1) is 11.6 Å². The molecule has 2 rings (SSSR count). The van der Waals surface area contributed by atoms with E-state index >= 15 is 0 Å². The maximum atomic E-state index is 13.6. The lowest BCUT2D eigenvalue weighted by Gasteiger charge is -2.09. The summed E-state index contributed by atoms with van der Waals surface area (Å²) in [4.78, 5) is 0. The number of rotatable bonds is 2. The summed E-state index contributed by atoms with van der Waals surface area (Å²) in [6, 6.07) is 3.70. The van der Waals surface area contributed by atoms with E-state index < -0.39 is 11.6 Å². The van der Waals surface area contributed by atoms with Crippen LogP contribution in [0.5, 0.6) is 0 Å². The van der Waals surface area contributed by atoms with Crippen molar-refractivity contribution in [2.45, 2.75) is 19.8 Å². The monoisotopic (exact) mass is 238 g/mol. The molecule has 0 bridgehead atoms. The predicted molar refractivity (Wildman–Crippen MR) is 60.4 cm³/mol. The molecule has 90 valence electrons. The zero-order valence-electron chi connectivity index (χ0n) is 9.50. The Morgan fingerprint density at radius 2 is 1.88 bits per heavy atom. The molecule has 5 heteroatoms. The molecule has 0 saturated heterocycles. The van der Waals surface area contributed by atoms with Crippen LogP contribution in [0.3, 0.4) is 0 Å². The number of nitrogen functional groups attached to an aromatic ring is 1. The smallest absolute Gasteiger partial charge is 0.222 e. The molecule has 0 unspecified atom stereocenters. The fraction of sp³-hybridized carbons (Fsp3) is 0.250. The molecule has 0 atom stereocenters. The van der Waals surface area contributed by atoms with Crippen LogP contribution in [-0.4, -0.2) is 5.16 Å². The molecule has 0 saturated carbocycles. The average Bonchev–Trinajstić information content (AvgIpc) is 2.64. The molecule has 1 aromatic heterocycles. The van der Waals surface area contributed by atoms with Gasteiger partial charge in [0.1, 0.15) is 17.3 Å². The minimum absolute atomic E-state index is 0.0430. The summed E-state index contributed by atoms with van der Waals surface area (Å²) in [6.45, 7) is 3.66. The maximum Gasteiger partial charge on any atom is 0.222 e. The van der Waals surface area contributed by atoms with Crippen LogP contribution in [0.1, 0.15) is 25.3 Å². The number of hydrogen-bond donors (Lipinski definition) is 1. The van der Waals surface area contributed by atoms with Crippen LogP contribution < -0.4 is 5.73 Å². The van der Waals surface area contributed by atoms with E-state index in [4.69, 9.17) is 5.73 Å². The normalized spacial score (nSPS) is 11.1. The Hall–Kier alpha value is -1.91. The summed E-state index contributed by atoms with van der Waals surface area (Å²) in [5.74, 6) is -1.19. The third kappa shape index (κ3) is 2.13. The second-order valence-corrected chi connectivity index (χ2v) is 4.12. The van der Waals surface area contributed by atoms with Gasteiger partial charge in [0, 0.05) is 17.7 Å². The summed E-state index contributed by atoms with van der Waals surface area (Å²) < 4.78 is 31.8. The lowest BCUT2D eigenvalue weighted by molar-refractivity contribution is 0.438. The number of benzene rings is 1. The summed E-state index contributed by atoms with van der Waals surface area (Å²) in [5.41, 5.74) is 6.26. The quantitative estimate of drug-likeness (QED) is 0.873. The van der Waals surface area contributed by atoms with Gasteiger partial charge >= 0.3 is 0 Å². The summed E-state index contributed by atoms with van der Waals surface area (Å²) in [7, 11) is 0. The highest BCUT2D eigenvalue weighted by Crippen LogP contribution is 2.29. The molecular weight excluding hydrogens is 226 g/mol. The zero-order chi connectivity index (χ0) is 12.6. The van der Waals surface area contributed by atoms with Gasteiger partial charge in [-0.2, -0.15) is 0 Å². The number of anilines is 1. The lowest BCUT2D eigenvalue weighted by Crippen LogP contribution is -1.97. The highest BCUT2D eigenvalue weighted by molar-refractivity contribution is 5.63. The van der Waals surface area contributed by atoms with E-state index in [1.54, 1.807) is 0 Å². The van der Waals surface area contributed by atoms with E-state index in [9.17, 15) is 8.78 Å². The van der Waals surface area contributed by atoms with E-state index in [1.807, 2.05) is 13.8 Å². The van der Waals surface area contributed by atoms with Gasteiger partial charge < -0.3 is 10.3 Å². The van der Waals surface area contributed by atoms with E-state index in [-0.39, 0.29) is 23.1 Å². The van der Waals surface area contributed by atoms with Crippen molar-refractivity contribution in [1.82, 2.24) is 5.16 Å². The van der Waals surface area contributed by atoms with Crippen molar-refractivity contribution >= 4 is 5.88 Å². The average molecular weight is 238 g/mol. The van der Waals surface area contributed by atoms with Crippen molar-refractivity contribution in [2.75, 3.05) is 5.73 Å². The Morgan fingerprint density at radius 3 is 2.41 bits per heavy atom. The molecule has 2 aromatic rings. The van der Waals surface area contributed by atoms with E-state index in [1.165, 1.54) is 12.1 Å². The second-order valence-electron chi connectivity index (χ2n) is 4.12. The first-order valence-corrected chi connectivity index (χ1v) is 5.20. The van der Waals surface area contributed by atoms with E-state index in [0.29, 0.717) is 5.56 Å². The molecular formula is C12H12F2N2O. The number of halogens is 2. The van der Waals surface area contributed by atoms with Crippen LogP contribution in [0.2, 0.25) is 0 Å². The van der Waals surface area contributed by atoms with Crippen LogP contribution in [0.15, 0.2) is 22.7 Å². The molecule has 1 aromatic carbocycles. The topological polar surface area (TPSA) is 52.0 Å². The Bertz CT molecular complexity index is 549. The highest BCUT2D eigenvalue weighted by Gasteiger charge is 2.16. The zero-order valence-corrected chi connectivity index (χ0v) is 9.50. The fourth-order valence-corrected chi connectivity index (χ4v) is 1.62. The van der Waals surface area contributed by atoms with Crippen molar-refractivity contribution in [3.63, 3.8) is 0 Å². The molecule has 0 spiro atoms. The first-order valence-electron chi connectivity index (χ1n) is 5.20. The number of hydrogen-bond acceptors (Lipinski definition) is 3. The Balaban J connectivity index is 2.58. The minimum Gasteiger partial charge on any atom is -0.368 e. The summed E-state index contributed by atoms with van der Waals surface area (Å²) in [6.07, 6.45) is 0. The molecule has 0 amide bonds. The maximum absolute atomic E-state index is 13.6. The van der Waals surface area contributed by atoms with Gasteiger partial charge in [-0.15, -0.1) is 0 Å². The largest absolute Gasteiger partial charge is 0.368 e. The van der Waals surface area contributed by atoms with Crippen molar-refractivity contribution in [3.8, 4) is 11.3 Å². The van der Waals surface area contributed by atoms with Gasteiger partial charge in [-0.1, -0.05) is 19.0 Å². The van der Waals surface area contributed by atoms with Gasteiger partial charge in [-0.25, -0.2) is 8.78 Å². The molecule has 0 aliphatic rings. The number of aromatic nitrogens is 1. The molecule has 1 heterocycles. The lowest BCUT2D eigenvalue weighted by atomic mass is 9.98. The molecule has 17 heavy (non-hydrogen) atoms. The molecule has 0 fully saturated rings. The third-order valence-corrected chi connectivity index (χ3v) is 2.51. The van der Waals surface area contributed by atoms with E-state index in [2.05, 4.69) is 9.68 Å². The van der Waals surface area contributed by atoms with Crippen molar-refractivity contribution in [2.24, 2.45) is 0 Å². The first kappa shape index (κ1) is 11.6. The van der Waals surface area contributed by atoms with Crippen LogP contribution in [0.25, 0.3) is 11.3 Å². The first-order chi connectivity index (χ1) is 7.99. The van der Waals surface area contributed by atoms with Crippen molar-refractivity contribution in [3.05, 3.63) is 35.4 Å². The molecule has 3 nitrogen and oxygen atoms in total. The van der Waals surface area contributed by atoms with E-state index in [0.717, 1.165) is 6.07 Å². The van der Waals surface area contributed by atoms with Crippen molar-refractivity contribution in [1.29, 1.82) is 0 Å². The Morgan fingerprint density at radius 1 is 1.18 bits per heavy atom. The standard InChI is InChI=1S/C12H12F2N2O/c1-6(2)7-3-8(10(14)4-9(7)13)11-5-12(15)17-16-11/h3-6H,15H2,1-2H3. The SMILES string of the molecule is CC(C)c1cc(-c2cc(N)on2)c(F)cc1F. The van der Waals surface area contributed by atoms with Crippen molar-refractivity contribution < 1.29 is 13.3 Å². The number of nitrogens with two attached hydrogens (primary N) is 1. The molecule has 0 aliphatic carbocycles. The summed E-state index contributed by atoms with van der Waals surface area (Å²) >= 11 is 0. The number of nitrogens with zero attached hydrogens (tertiary/aromatic N) is 1. The van der Waals surface area contributed by atoms with Gasteiger partial charge in [-0.05, 0) is 17.5 Å². The fourth-order valence-electron chi connectivity index (χ4n) is 1.62. The van der Waals surface area contributed by atoms with Gasteiger partial charge in [0.25, 0.3) is 0 Å². The van der Waals surface area contributed by atoms with Crippen LogP contribution in [0.4, 0.5) is 14.7 Å². The van der Waals surface area contributed by atoms with Crippen LogP contribution in [-0.2, 0) is 0 Å². The third-order valence-electron chi connectivity index (χ3n) is 2.51. The van der Waals surface area contributed by atoms with Crippen LogP contribution >= 0.6 is 0 Å². The van der Waals surface area contributed by atoms with Gasteiger partial charge in [0.05, 0.1) is 0 Å². The summed E-state index contributed by atoms with van der Waals surface area (Å²) in [5, 5.41) is 3.61. The van der Waals surface area contributed by atoms with Gasteiger partial charge in [0.15, 0.2) is 0 Å². The second kappa shape index (κ2) is 4.16. The Labute approximate surface area is 97.2 Å². The molecule has 0 radical (unpaired) electrons. The van der Waals surface area contributed by atoms with Gasteiger partial charge in [-0.3, -0.25) is 0 Å². The highest BCUT2D eigenvalue weighted by atomic mass is 19.1. The molecule has 2 N–H and O–H groups in total. The predicted octanol–water partition coefficient (Wildman–Crippen LogP) is 3.33.